The monoisotopic (exact) mass is 192 g/mol. The van der Waals surface area contributed by atoms with Crippen LogP contribution in [0.15, 0.2) is 24.3 Å². The average molecular weight is 192 g/mol. The summed E-state index contributed by atoms with van der Waals surface area (Å²) >= 11 is 0. The molecule has 0 amide bonds. The molecule has 2 rings (SSSR count). The summed E-state index contributed by atoms with van der Waals surface area (Å²) in [6.07, 6.45) is 0.602. The number of ether oxygens (including phenoxy) is 2. The number of hydrogen-bond donors (Lipinski definition) is 0. The predicted molar refractivity (Wildman–Crippen MR) is 55.1 cm³/mol. The van der Waals surface area contributed by atoms with E-state index < -0.39 is 0 Å². The van der Waals surface area contributed by atoms with Gasteiger partial charge in [0, 0.05) is 0 Å². The molecular weight excluding hydrogens is 176 g/mol. The molecule has 76 valence electrons. The van der Waals surface area contributed by atoms with Crippen LogP contribution < -0.4 is 0 Å². The first-order chi connectivity index (χ1) is 6.77. The van der Waals surface area contributed by atoms with Crippen LogP contribution in [0.2, 0.25) is 0 Å². The molecule has 0 aromatic heterocycles. The van der Waals surface area contributed by atoms with E-state index >= 15 is 0 Å². The third-order valence-corrected chi connectivity index (χ3v) is 2.31. The average Bonchev–Trinajstić information content (AvgIpc) is 2.98. The first-order valence-electron chi connectivity index (χ1n) is 5.08. The van der Waals surface area contributed by atoms with Crippen LogP contribution in [0.1, 0.15) is 31.1 Å². The standard InChI is InChI=1S/C12H16O2/c1-9(2)13-7-10-5-3-4-6-11(10)12-8-14-12/h3-6,9,12H,7-8H2,1-2H3. The van der Waals surface area contributed by atoms with Gasteiger partial charge in [0.25, 0.3) is 0 Å². The number of benzene rings is 1. The maximum atomic E-state index is 5.59. The van der Waals surface area contributed by atoms with Crippen molar-refractivity contribution in [2.75, 3.05) is 6.61 Å². The van der Waals surface area contributed by atoms with E-state index in [1.165, 1.54) is 11.1 Å². The summed E-state index contributed by atoms with van der Waals surface area (Å²) in [6, 6.07) is 8.33. The van der Waals surface area contributed by atoms with Crippen molar-refractivity contribution in [1.82, 2.24) is 0 Å². The zero-order chi connectivity index (χ0) is 9.97. The molecule has 1 aromatic carbocycles. The Balaban J connectivity index is 2.07. The molecule has 0 N–H and O–H groups in total. The number of rotatable bonds is 4. The lowest BCUT2D eigenvalue weighted by molar-refractivity contribution is 0.0650. The van der Waals surface area contributed by atoms with Gasteiger partial charge in [-0.2, -0.15) is 0 Å². The Morgan fingerprint density at radius 3 is 2.79 bits per heavy atom. The fourth-order valence-corrected chi connectivity index (χ4v) is 1.46. The van der Waals surface area contributed by atoms with Gasteiger partial charge in [-0.05, 0) is 25.0 Å². The van der Waals surface area contributed by atoms with E-state index in [1.807, 2.05) is 6.07 Å². The minimum Gasteiger partial charge on any atom is -0.374 e. The molecule has 1 aliphatic heterocycles. The van der Waals surface area contributed by atoms with Crippen molar-refractivity contribution in [1.29, 1.82) is 0 Å². The van der Waals surface area contributed by atoms with Gasteiger partial charge in [0.15, 0.2) is 0 Å². The van der Waals surface area contributed by atoms with Crippen molar-refractivity contribution in [3.05, 3.63) is 35.4 Å². The maximum Gasteiger partial charge on any atom is 0.106 e. The topological polar surface area (TPSA) is 21.8 Å². The summed E-state index contributed by atoms with van der Waals surface area (Å²) < 4.78 is 10.9. The van der Waals surface area contributed by atoms with Crippen LogP contribution in [0.3, 0.4) is 0 Å². The normalized spacial score (nSPS) is 20.1. The van der Waals surface area contributed by atoms with Crippen LogP contribution in [-0.2, 0) is 16.1 Å². The second-order valence-electron chi connectivity index (χ2n) is 3.88. The SMILES string of the molecule is CC(C)OCc1ccccc1C1CO1. The van der Waals surface area contributed by atoms with Crippen molar-refractivity contribution in [2.45, 2.75) is 32.7 Å². The van der Waals surface area contributed by atoms with Gasteiger partial charge in [-0.1, -0.05) is 24.3 Å². The highest BCUT2D eigenvalue weighted by Crippen LogP contribution is 2.32. The van der Waals surface area contributed by atoms with Crippen molar-refractivity contribution >= 4 is 0 Å². The van der Waals surface area contributed by atoms with E-state index in [0.717, 1.165) is 6.61 Å². The van der Waals surface area contributed by atoms with E-state index in [0.29, 0.717) is 12.7 Å². The van der Waals surface area contributed by atoms with Crippen LogP contribution >= 0.6 is 0 Å². The molecule has 2 heteroatoms. The summed E-state index contributed by atoms with van der Waals surface area (Å²) in [7, 11) is 0. The van der Waals surface area contributed by atoms with Gasteiger partial charge < -0.3 is 9.47 Å². The number of epoxide rings is 1. The Hall–Kier alpha value is -0.860. The summed E-state index contributed by atoms with van der Waals surface area (Å²) in [4.78, 5) is 0. The lowest BCUT2D eigenvalue weighted by atomic mass is 10.1. The van der Waals surface area contributed by atoms with Gasteiger partial charge in [0.1, 0.15) is 6.10 Å². The van der Waals surface area contributed by atoms with Crippen molar-refractivity contribution in [3.63, 3.8) is 0 Å². The van der Waals surface area contributed by atoms with Crippen LogP contribution in [0, 0.1) is 0 Å². The van der Waals surface area contributed by atoms with Gasteiger partial charge in [-0.15, -0.1) is 0 Å². The third kappa shape index (κ3) is 2.34. The molecule has 0 radical (unpaired) electrons. The Labute approximate surface area is 84.8 Å². The molecule has 1 fully saturated rings. The molecule has 1 unspecified atom stereocenters. The second kappa shape index (κ2) is 4.11. The molecule has 0 saturated carbocycles. The zero-order valence-corrected chi connectivity index (χ0v) is 8.69. The molecular formula is C12H16O2. The molecule has 0 spiro atoms. The van der Waals surface area contributed by atoms with Gasteiger partial charge in [0.2, 0.25) is 0 Å². The largest absolute Gasteiger partial charge is 0.374 e. The molecule has 0 aliphatic carbocycles. The second-order valence-corrected chi connectivity index (χ2v) is 3.88. The van der Waals surface area contributed by atoms with Crippen molar-refractivity contribution in [3.8, 4) is 0 Å². The fraction of sp³-hybridized carbons (Fsp3) is 0.500. The Kier molecular flexibility index (Phi) is 2.85. The summed E-state index contributed by atoms with van der Waals surface area (Å²) in [5, 5.41) is 0. The van der Waals surface area contributed by atoms with Crippen LogP contribution in [0.5, 0.6) is 0 Å². The maximum absolute atomic E-state index is 5.59. The van der Waals surface area contributed by atoms with E-state index in [9.17, 15) is 0 Å². The van der Waals surface area contributed by atoms with Gasteiger partial charge in [0.05, 0.1) is 19.3 Å². The third-order valence-electron chi connectivity index (χ3n) is 2.31. The lowest BCUT2D eigenvalue weighted by Gasteiger charge is -2.10. The Morgan fingerprint density at radius 1 is 1.43 bits per heavy atom. The Morgan fingerprint density at radius 2 is 2.14 bits per heavy atom. The molecule has 1 heterocycles. The number of hydrogen-bond acceptors (Lipinski definition) is 2. The van der Waals surface area contributed by atoms with E-state index in [2.05, 4.69) is 32.0 Å². The van der Waals surface area contributed by atoms with Crippen molar-refractivity contribution in [2.24, 2.45) is 0 Å². The molecule has 1 aliphatic rings. The van der Waals surface area contributed by atoms with E-state index in [-0.39, 0.29) is 6.10 Å². The van der Waals surface area contributed by atoms with Gasteiger partial charge in [-0.25, -0.2) is 0 Å². The van der Waals surface area contributed by atoms with Crippen LogP contribution in [0.4, 0.5) is 0 Å². The minimum absolute atomic E-state index is 0.281. The molecule has 1 saturated heterocycles. The quantitative estimate of drug-likeness (QED) is 0.684. The van der Waals surface area contributed by atoms with E-state index in [4.69, 9.17) is 9.47 Å². The molecule has 0 bridgehead atoms. The highest BCUT2D eigenvalue weighted by molar-refractivity contribution is 5.30. The van der Waals surface area contributed by atoms with Crippen LogP contribution in [0.25, 0.3) is 0 Å². The zero-order valence-electron chi connectivity index (χ0n) is 8.69. The first-order valence-corrected chi connectivity index (χ1v) is 5.08. The lowest BCUT2D eigenvalue weighted by Crippen LogP contribution is -2.04. The van der Waals surface area contributed by atoms with Gasteiger partial charge >= 0.3 is 0 Å². The van der Waals surface area contributed by atoms with Crippen LogP contribution in [-0.4, -0.2) is 12.7 Å². The smallest absolute Gasteiger partial charge is 0.106 e. The van der Waals surface area contributed by atoms with E-state index in [1.54, 1.807) is 0 Å². The predicted octanol–water partition coefficient (Wildman–Crippen LogP) is 2.68. The highest BCUT2D eigenvalue weighted by Gasteiger charge is 2.26. The summed E-state index contributed by atoms with van der Waals surface area (Å²) in [5.41, 5.74) is 2.54. The first kappa shape index (κ1) is 9.69. The van der Waals surface area contributed by atoms with Crippen molar-refractivity contribution < 1.29 is 9.47 Å². The summed E-state index contributed by atoms with van der Waals surface area (Å²) in [6.45, 7) is 5.65. The minimum atomic E-state index is 0.281. The molecule has 2 nitrogen and oxygen atoms in total. The molecule has 1 atom stereocenters. The summed E-state index contributed by atoms with van der Waals surface area (Å²) in [5.74, 6) is 0. The van der Waals surface area contributed by atoms with Gasteiger partial charge in [-0.3, -0.25) is 0 Å². The Bertz CT molecular complexity index is 303. The highest BCUT2D eigenvalue weighted by atomic mass is 16.6. The fourth-order valence-electron chi connectivity index (χ4n) is 1.46. The molecule has 1 aromatic rings. The molecule has 14 heavy (non-hydrogen) atoms.